The van der Waals surface area contributed by atoms with E-state index in [4.69, 9.17) is 14.6 Å². The maximum atomic E-state index is 12.9. The fourth-order valence-corrected chi connectivity index (χ4v) is 4.06. The first kappa shape index (κ1) is 26.6. The van der Waals surface area contributed by atoms with E-state index in [1.807, 2.05) is 18.2 Å². The number of allylic oxidation sites excluding steroid dienone is 1. The summed E-state index contributed by atoms with van der Waals surface area (Å²) in [5.74, 6) is -0.552. The molecule has 0 aliphatic rings. The molecule has 0 saturated carbocycles. The van der Waals surface area contributed by atoms with Crippen LogP contribution in [0, 0.1) is 3.57 Å². The van der Waals surface area contributed by atoms with E-state index in [9.17, 15) is 14.7 Å². The molecule has 35 heavy (non-hydrogen) atoms. The van der Waals surface area contributed by atoms with Gasteiger partial charge in [-0.25, -0.2) is 9.59 Å². The predicted molar refractivity (Wildman–Crippen MR) is 145 cm³/mol. The van der Waals surface area contributed by atoms with Crippen molar-refractivity contribution in [2.24, 2.45) is 0 Å². The van der Waals surface area contributed by atoms with Gasteiger partial charge in [-0.3, -0.25) is 5.32 Å². The number of carboxylic acid groups (broad SMARTS) is 1. The number of halogens is 2. The highest BCUT2D eigenvalue weighted by Gasteiger charge is 2.31. The fraction of sp³-hybridized carbons (Fsp3) is 0.154. The second-order valence-corrected chi connectivity index (χ2v) is 9.61. The predicted octanol–water partition coefficient (Wildman–Crippen LogP) is 6.92. The Bertz CT molecular complexity index is 1170. The number of carbonyl (C=O) groups excluding carboxylic acids is 1. The van der Waals surface area contributed by atoms with Crippen LogP contribution in [0.4, 0.5) is 10.5 Å². The Morgan fingerprint density at radius 1 is 1.06 bits per heavy atom. The van der Waals surface area contributed by atoms with Crippen molar-refractivity contribution in [3.05, 3.63) is 98.6 Å². The fourth-order valence-electron chi connectivity index (χ4n) is 3.28. The van der Waals surface area contributed by atoms with E-state index < -0.39 is 24.3 Å². The van der Waals surface area contributed by atoms with Crippen LogP contribution in [0.15, 0.2) is 89.4 Å². The van der Waals surface area contributed by atoms with Gasteiger partial charge in [-0.1, -0.05) is 40.2 Å². The third-order valence-electron chi connectivity index (χ3n) is 4.87. The zero-order chi connectivity index (χ0) is 25.2. The van der Waals surface area contributed by atoms with Gasteiger partial charge in [0.1, 0.15) is 17.6 Å². The lowest BCUT2D eigenvalue weighted by atomic mass is 9.99. The van der Waals surface area contributed by atoms with Gasteiger partial charge < -0.3 is 19.7 Å². The van der Waals surface area contributed by atoms with Crippen LogP contribution >= 0.6 is 38.5 Å². The average molecular weight is 652 g/mol. The first-order valence-corrected chi connectivity index (χ1v) is 12.5. The third kappa shape index (κ3) is 8.59. The largest absolute Gasteiger partial charge is 0.508 e. The Morgan fingerprint density at radius 2 is 1.77 bits per heavy atom. The van der Waals surface area contributed by atoms with Crippen molar-refractivity contribution in [1.82, 2.24) is 0 Å². The first-order chi connectivity index (χ1) is 16.8. The molecule has 0 aliphatic heterocycles. The van der Waals surface area contributed by atoms with Crippen molar-refractivity contribution in [3.8, 4) is 11.5 Å². The number of nitrogens with one attached hydrogen (secondary N) is 1. The molecule has 3 aromatic carbocycles. The molecule has 0 saturated heterocycles. The molecule has 2 atom stereocenters. The molecule has 3 rings (SSSR count). The summed E-state index contributed by atoms with van der Waals surface area (Å²) < 4.78 is 13.7. The summed E-state index contributed by atoms with van der Waals surface area (Å²) in [6.45, 7) is 0. The molecule has 3 N–H and O–H groups in total. The molecule has 0 bridgehead atoms. The van der Waals surface area contributed by atoms with Gasteiger partial charge in [0.2, 0.25) is 0 Å². The van der Waals surface area contributed by atoms with E-state index >= 15 is 0 Å². The molecule has 0 fully saturated rings. The standard InChI is InChI=1S/C26H23BrINO6/c27-17-10-13-19(14-11-17)29-26(33)35-25(21-16-18(28)12-15-22(21)30)23(8-4-5-9-24(31)32)34-20-6-2-1-3-7-20/h1-3,5-7,9-16,23,25,30H,4,8H2,(H,29,33)(H,31,32)/b9-5+/t23-,25-/m0/s1. The number of aromatic hydroxyl groups is 1. The number of para-hydroxylation sites is 1. The first-order valence-electron chi connectivity index (χ1n) is 10.6. The third-order valence-corrected chi connectivity index (χ3v) is 6.07. The number of aliphatic carboxylic acids is 1. The molecule has 0 aliphatic carbocycles. The molecule has 0 spiro atoms. The zero-order valence-electron chi connectivity index (χ0n) is 18.4. The smallest absolute Gasteiger partial charge is 0.412 e. The summed E-state index contributed by atoms with van der Waals surface area (Å²) in [5.41, 5.74) is 0.916. The van der Waals surface area contributed by atoms with E-state index in [-0.39, 0.29) is 5.75 Å². The Morgan fingerprint density at radius 3 is 2.46 bits per heavy atom. The zero-order valence-corrected chi connectivity index (χ0v) is 22.2. The highest BCUT2D eigenvalue weighted by Crippen LogP contribution is 2.35. The number of anilines is 1. The maximum Gasteiger partial charge on any atom is 0.412 e. The van der Waals surface area contributed by atoms with Gasteiger partial charge in [-0.15, -0.1) is 0 Å². The number of rotatable bonds is 10. The van der Waals surface area contributed by atoms with Gasteiger partial charge in [0, 0.05) is 25.4 Å². The Hall–Kier alpha value is -3.05. The monoisotopic (exact) mass is 651 g/mol. The van der Waals surface area contributed by atoms with Gasteiger partial charge in [0.15, 0.2) is 6.10 Å². The second-order valence-electron chi connectivity index (χ2n) is 7.45. The minimum absolute atomic E-state index is 0.0467. The molecule has 9 heteroatoms. The number of phenols is 1. The number of benzene rings is 3. The number of carbonyl (C=O) groups is 2. The molecular weight excluding hydrogens is 629 g/mol. The highest BCUT2D eigenvalue weighted by atomic mass is 127. The summed E-state index contributed by atoms with van der Waals surface area (Å²) in [5, 5.41) is 22.2. The van der Waals surface area contributed by atoms with Crippen molar-refractivity contribution in [2.45, 2.75) is 25.0 Å². The van der Waals surface area contributed by atoms with Crippen LogP contribution in [0.2, 0.25) is 0 Å². The van der Waals surface area contributed by atoms with Crippen LogP contribution in [-0.2, 0) is 9.53 Å². The minimum Gasteiger partial charge on any atom is -0.508 e. The van der Waals surface area contributed by atoms with E-state index in [0.29, 0.717) is 29.8 Å². The van der Waals surface area contributed by atoms with Gasteiger partial charge >= 0.3 is 12.1 Å². The normalized spacial score (nSPS) is 12.6. The maximum absolute atomic E-state index is 12.9. The lowest BCUT2D eigenvalue weighted by Crippen LogP contribution is -2.31. The van der Waals surface area contributed by atoms with Gasteiger partial charge in [-0.2, -0.15) is 0 Å². The molecule has 3 aromatic rings. The summed E-state index contributed by atoms with van der Waals surface area (Å²) in [4.78, 5) is 23.8. The lowest BCUT2D eigenvalue weighted by molar-refractivity contribution is -0.131. The van der Waals surface area contributed by atoms with Crippen molar-refractivity contribution in [3.63, 3.8) is 0 Å². The summed E-state index contributed by atoms with van der Waals surface area (Å²) in [7, 11) is 0. The number of phenolic OH excluding ortho intramolecular Hbond substituents is 1. The van der Waals surface area contributed by atoms with Gasteiger partial charge in [0.25, 0.3) is 0 Å². The number of hydrogen-bond acceptors (Lipinski definition) is 5. The van der Waals surface area contributed by atoms with Gasteiger partial charge in [0.05, 0.1) is 0 Å². The average Bonchev–Trinajstić information content (AvgIpc) is 2.83. The SMILES string of the molecule is O=C(O)/C=C/CC[C@H](Oc1ccccc1)[C@@H](OC(=O)Nc1ccc(Br)cc1)c1cc(I)ccc1O. The second kappa shape index (κ2) is 13.1. The number of ether oxygens (including phenoxy) is 2. The lowest BCUT2D eigenvalue weighted by Gasteiger charge is -2.28. The van der Waals surface area contributed by atoms with Crippen LogP contribution in [-0.4, -0.2) is 28.4 Å². The summed E-state index contributed by atoms with van der Waals surface area (Å²) in [6, 6.07) is 21.0. The number of carboxylic acids is 1. The van der Waals surface area contributed by atoms with Crippen LogP contribution in [0.25, 0.3) is 0 Å². The van der Waals surface area contributed by atoms with Crippen molar-refractivity contribution < 1.29 is 29.3 Å². The Balaban J connectivity index is 1.92. The van der Waals surface area contributed by atoms with Crippen molar-refractivity contribution >= 4 is 56.3 Å². The minimum atomic E-state index is -1.05. The molecule has 0 heterocycles. The number of hydrogen-bond donors (Lipinski definition) is 3. The van der Waals surface area contributed by atoms with E-state index in [1.54, 1.807) is 48.5 Å². The van der Waals surface area contributed by atoms with Gasteiger partial charge in [-0.05, 0) is 90.0 Å². The molecule has 0 unspecified atom stereocenters. The summed E-state index contributed by atoms with van der Waals surface area (Å²) in [6.07, 6.45) is 0.797. The Kier molecular flexibility index (Phi) is 9.98. The highest BCUT2D eigenvalue weighted by molar-refractivity contribution is 14.1. The molecule has 7 nitrogen and oxygen atoms in total. The molecule has 1 amide bonds. The topological polar surface area (TPSA) is 105 Å². The van der Waals surface area contributed by atoms with E-state index in [1.165, 1.54) is 12.1 Å². The number of amides is 1. The quantitative estimate of drug-likeness (QED) is 0.162. The van der Waals surface area contributed by atoms with E-state index in [0.717, 1.165) is 14.1 Å². The Labute approximate surface area is 225 Å². The van der Waals surface area contributed by atoms with Crippen LogP contribution < -0.4 is 10.1 Å². The van der Waals surface area contributed by atoms with Crippen LogP contribution in [0.1, 0.15) is 24.5 Å². The molecule has 0 aromatic heterocycles. The molecule has 182 valence electrons. The van der Waals surface area contributed by atoms with Crippen molar-refractivity contribution in [2.75, 3.05) is 5.32 Å². The van der Waals surface area contributed by atoms with Crippen molar-refractivity contribution in [1.29, 1.82) is 0 Å². The van der Waals surface area contributed by atoms with E-state index in [2.05, 4.69) is 43.8 Å². The molecular formula is C26H23BrINO6. The molecule has 0 radical (unpaired) electrons. The van der Waals surface area contributed by atoms with Crippen LogP contribution in [0.3, 0.4) is 0 Å². The summed E-state index contributed by atoms with van der Waals surface area (Å²) >= 11 is 5.47. The van der Waals surface area contributed by atoms with Crippen LogP contribution in [0.5, 0.6) is 11.5 Å².